The van der Waals surface area contributed by atoms with E-state index in [1.54, 1.807) is 6.92 Å². The van der Waals surface area contributed by atoms with E-state index in [4.69, 9.17) is 16.3 Å². The van der Waals surface area contributed by atoms with Crippen LogP contribution in [0, 0.1) is 0 Å². The molecule has 0 saturated heterocycles. The zero-order valence-corrected chi connectivity index (χ0v) is 11.2. The van der Waals surface area contributed by atoms with E-state index in [9.17, 15) is 13.6 Å². The Morgan fingerprint density at radius 3 is 2.76 bits per heavy atom. The van der Waals surface area contributed by atoms with Crippen LogP contribution in [0.4, 0.5) is 8.78 Å². The molecule has 0 saturated carbocycles. The molecule has 1 aromatic heterocycles. The Kier molecular flexibility index (Phi) is 5.27. The SMILES string of the molecule is CCOC(=O)c1cc(CBr)c(C(F)F)nc1Cl. The van der Waals surface area contributed by atoms with Crippen LogP contribution in [0.1, 0.15) is 35.0 Å². The highest BCUT2D eigenvalue weighted by Crippen LogP contribution is 2.27. The van der Waals surface area contributed by atoms with Crippen LogP contribution in [0.2, 0.25) is 5.15 Å². The third-order valence-electron chi connectivity index (χ3n) is 1.93. The van der Waals surface area contributed by atoms with Gasteiger partial charge in [0.25, 0.3) is 6.43 Å². The maximum Gasteiger partial charge on any atom is 0.341 e. The van der Waals surface area contributed by atoms with Gasteiger partial charge in [0.05, 0.1) is 12.2 Å². The second-order valence-corrected chi connectivity index (χ2v) is 3.94. The summed E-state index contributed by atoms with van der Waals surface area (Å²) in [4.78, 5) is 15.0. The molecule has 0 spiro atoms. The average Bonchev–Trinajstić information content (AvgIpc) is 2.28. The fourth-order valence-electron chi connectivity index (χ4n) is 1.19. The highest BCUT2D eigenvalue weighted by atomic mass is 79.9. The van der Waals surface area contributed by atoms with E-state index < -0.39 is 18.1 Å². The molecule has 0 amide bonds. The minimum atomic E-state index is -2.74. The maximum atomic E-state index is 12.6. The van der Waals surface area contributed by atoms with Crippen molar-refractivity contribution < 1.29 is 18.3 Å². The summed E-state index contributed by atoms with van der Waals surface area (Å²) in [5.41, 5.74) is -0.222. The van der Waals surface area contributed by atoms with E-state index in [0.29, 0.717) is 0 Å². The summed E-state index contributed by atoms with van der Waals surface area (Å²) in [6.45, 7) is 1.81. The third-order valence-corrected chi connectivity index (χ3v) is 2.83. The van der Waals surface area contributed by atoms with Gasteiger partial charge in [-0.3, -0.25) is 0 Å². The number of rotatable bonds is 4. The highest BCUT2D eigenvalue weighted by molar-refractivity contribution is 9.08. The largest absolute Gasteiger partial charge is 0.462 e. The zero-order valence-electron chi connectivity index (χ0n) is 8.84. The number of halogens is 4. The van der Waals surface area contributed by atoms with Gasteiger partial charge in [-0.15, -0.1) is 0 Å². The van der Waals surface area contributed by atoms with E-state index in [-0.39, 0.29) is 28.2 Å². The first-order valence-corrected chi connectivity index (χ1v) is 6.21. The zero-order chi connectivity index (χ0) is 13.0. The molecule has 0 aromatic carbocycles. The van der Waals surface area contributed by atoms with Crippen LogP contribution in [0.5, 0.6) is 0 Å². The quantitative estimate of drug-likeness (QED) is 0.480. The molecule has 7 heteroatoms. The van der Waals surface area contributed by atoms with Gasteiger partial charge in [0.1, 0.15) is 10.8 Å². The fraction of sp³-hybridized carbons (Fsp3) is 0.400. The molecule has 0 N–H and O–H groups in total. The number of carbonyl (C=O) groups excluding carboxylic acids is 1. The van der Waals surface area contributed by atoms with E-state index in [0.717, 1.165) is 0 Å². The average molecular weight is 329 g/mol. The van der Waals surface area contributed by atoms with Crippen molar-refractivity contribution in [3.8, 4) is 0 Å². The lowest BCUT2D eigenvalue weighted by atomic mass is 10.1. The number of carbonyl (C=O) groups is 1. The van der Waals surface area contributed by atoms with Crippen molar-refractivity contribution in [2.24, 2.45) is 0 Å². The molecule has 0 fully saturated rings. The molecular formula is C10H9BrClF2NO2. The Morgan fingerprint density at radius 1 is 1.65 bits per heavy atom. The van der Waals surface area contributed by atoms with Crippen molar-refractivity contribution in [2.45, 2.75) is 18.7 Å². The predicted octanol–water partition coefficient (Wildman–Crippen LogP) is 3.74. The molecular weight excluding hydrogens is 319 g/mol. The van der Waals surface area contributed by atoms with Crippen LogP contribution >= 0.6 is 27.5 Å². The van der Waals surface area contributed by atoms with E-state index in [1.165, 1.54) is 6.07 Å². The van der Waals surface area contributed by atoms with Gasteiger partial charge >= 0.3 is 5.97 Å². The summed E-state index contributed by atoms with van der Waals surface area (Å²) >= 11 is 8.73. The van der Waals surface area contributed by atoms with Crippen LogP contribution < -0.4 is 0 Å². The van der Waals surface area contributed by atoms with Crippen molar-refractivity contribution in [1.82, 2.24) is 4.98 Å². The van der Waals surface area contributed by atoms with E-state index in [2.05, 4.69) is 20.9 Å². The van der Waals surface area contributed by atoms with Crippen LogP contribution in [0.15, 0.2) is 6.07 Å². The topological polar surface area (TPSA) is 39.2 Å². The lowest BCUT2D eigenvalue weighted by molar-refractivity contribution is 0.0525. The van der Waals surface area contributed by atoms with Gasteiger partial charge < -0.3 is 4.74 Å². The molecule has 1 aromatic rings. The number of aromatic nitrogens is 1. The van der Waals surface area contributed by atoms with Gasteiger partial charge in [0.2, 0.25) is 0 Å². The number of hydrogen-bond acceptors (Lipinski definition) is 3. The Morgan fingerprint density at radius 2 is 2.29 bits per heavy atom. The maximum absolute atomic E-state index is 12.6. The Bertz CT molecular complexity index is 429. The number of ether oxygens (including phenoxy) is 1. The van der Waals surface area contributed by atoms with Crippen molar-refractivity contribution in [3.05, 3.63) is 28.0 Å². The van der Waals surface area contributed by atoms with Crippen LogP contribution in [-0.2, 0) is 10.1 Å². The molecule has 17 heavy (non-hydrogen) atoms. The summed E-state index contributed by atoms with van der Waals surface area (Å²) in [7, 11) is 0. The van der Waals surface area contributed by atoms with E-state index >= 15 is 0 Å². The number of pyridine rings is 1. The van der Waals surface area contributed by atoms with Gasteiger partial charge in [-0.1, -0.05) is 27.5 Å². The Hall–Kier alpha value is -0.750. The lowest BCUT2D eigenvalue weighted by Gasteiger charge is -2.09. The fourth-order valence-corrected chi connectivity index (χ4v) is 1.87. The van der Waals surface area contributed by atoms with E-state index in [1.807, 2.05) is 0 Å². The summed E-state index contributed by atoms with van der Waals surface area (Å²) in [6.07, 6.45) is -2.74. The highest BCUT2D eigenvalue weighted by Gasteiger charge is 2.21. The molecule has 0 bridgehead atoms. The van der Waals surface area contributed by atoms with Gasteiger partial charge in [0.15, 0.2) is 0 Å². The van der Waals surface area contributed by atoms with Crippen molar-refractivity contribution in [1.29, 1.82) is 0 Å². The second-order valence-electron chi connectivity index (χ2n) is 3.03. The first-order valence-electron chi connectivity index (χ1n) is 4.71. The molecule has 1 heterocycles. The van der Waals surface area contributed by atoms with Crippen molar-refractivity contribution >= 4 is 33.5 Å². The first-order chi connectivity index (χ1) is 8.01. The summed E-state index contributed by atoms with van der Waals surface area (Å²) in [5, 5.41) is -0.119. The number of alkyl halides is 3. The molecule has 3 nitrogen and oxygen atoms in total. The molecule has 94 valence electrons. The first kappa shape index (κ1) is 14.3. The van der Waals surface area contributed by atoms with Gasteiger partial charge in [-0.05, 0) is 18.6 Å². The summed E-state index contributed by atoms with van der Waals surface area (Å²) < 4.78 is 30.0. The molecule has 0 unspecified atom stereocenters. The summed E-state index contributed by atoms with van der Waals surface area (Å²) in [6, 6.07) is 1.27. The lowest BCUT2D eigenvalue weighted by Crippen LogP contribution is -2.09. The van der Waals surface area contributed by atoms with Crippen LogP contribution in [-0.4, -0.2) is 17.6 Å². The number of esters is 1. The Balaban J connectivity index is 3.22. The summed E-state index contributed by atoms with van der Waals surface area (Å²) in [5.74, 6) is -0.673. The van der Waals surface area contributed by atoms with Gasteiger partial charge in [-0.2, -0.15) is 0 Å². The third kappa shape index (κ3) is 3.35. The predicted molar refractivity (Wildman–Crippen MR) is 62.8 cm³/mol. The molecule has 0 aliphatic heterocycles. The standard InChI is InChI=1S/C10H9BrClF2NO2/c1-2-17-10(16)6-3-5(4-11)7(9(13)14)15-8(6)12/h3,9H,2,4H2,1H3. The minimum Gasteiger partial charge on any atom is -0.462 e. The molecule has 0 radical (unpaired) electrons. The van der Waals surface area contributed by atoms with Crippen LogP contribution in [0.25, 0.3) is 0 Å². The minimum absolute atomic E-state index is 0.00707. The monoisotopic (exact) mass is 327 g/mol. The smallest absolute Gasteiger partial charge is 0.341 e. The molecule has 0 aliphatic carbocycles. The van der Waals surface area contributed by atoms with Gasteiger partial charge in [0, 0.05) is 5.33 Å². The second kappa shape index (κ2) is 6.26. The number of nitrogens with zero attached hydrogens (tertiary/aromatic N) is 1. The van der Waals surface area contributed by atoms with Crippen LogP contribution in [0.3, 0.4) is 0 Å². The van der Waals surface area contributed by atoms with Crippen molar-refractivity contribution in [3.63, 3.8) is 0 Å². The van der Waals surface area contributed by atoms with Gasteiger partial charge in [-0.25, -0.2) is 18.6 Å². The number of hydrogen-bond donors (Lipinski definition) is 0. The Labute approximate surface area is 110 Å². The molecule has 0 atom stereocenters. The van der Waals surface area contributed by atoms with Crippen molar-refractivity contribution in [2.75, 3.05) is 6.61 Å². The molecule has 0 aliphatic rings. The molecule has 1 rings (SSSR count). The normalized spacial score (nSPS) is 10.7.